The molecule has 4 aromatic rings. The summed E-state index contributed by atoms with van der Waals surface area (Å²) in [6.07, 6.45) is 1.82. The molecule has 1 aliphatic rings. The minimum atomic E-state index is -0.385. The van der Waals surface area contributed by atoms with Gasteiger partial charge in [-0.2, -0.15) is 0 Å². The quantitative estimate of drug-likeness (QED) is 0.149. The van der Waals surface area contributed by atoms with Gasteiger partial charge in [0.2, 0.25) is 0 Å². The third-order valence-corrected chi connectivity index (χ3v) is 8.19. The normalized spacial score (nSPS) is 17.2. The van der Waals surface area contributed by atoms with E-state index in [9.17, 15) is 10.1 Å². The number of thiocarbonyl (C=S) groups is 1. The largest absolute Gasteiger partial charge is 0.351 e. The van der Waals surface area contributed by atoms with Crippen molar-refractivity contribution in [3.05, 3.63) is 112 Å². The van der Waals surface area contributed by atoms with Crippen LogP contribution in [-0.4, -0.2) is 19.6 Å². The van der Waals surface area contributed by atoms with Gasteiger partial charge in [-0.05, 0) is 100 Å². The summed E-state index contributed by atoms with van der Waals surface area (Å²) < 4.78 is 2.37. The highest BCUT2D eigenvalue weighted by Crippen LogP contribution is 2.44. The number of hydrogen-bond donors (Lipinski definition) is 1. The molecule has 1 aliphatic heterocycles. The zero-order valence-corrected chi connectivity index (χ0v) is 23.3. The number of anilines is 1. The summed E-state index contributed by atoms with van der Waals surface area (Å²) >= 11 is 7.46. The average molecular weight is 544 g/mol. The van der Waals surface area contributed by atoms with E-state index in [1.54, 1.807) is 23.9 Å². The molecular formula is C29H29N5O2S2. The van der Waals surface area contributed by atoms with Gasteiger partial charge in [-0.3, -0.25) is 15.1 Å². The van der Waals surface area contributed by atoms with Crippen LogP contribution in [0, 0.1) is 24.0 Å². The first-order chi connectivity index (χ1) is 18.2. The maximum Gasteiger partial charge on any atom is 0.269 e. The lowest BCUT2D eigenvalue weighted by Gasteiger charge is -2.28. The summed E-state index contributed by atoms with van der Waals surface area (Å²) in [5, 5.41) is 15.2. The molecular weight excluding hydrogens is 514 g/mol. The lowest BCUT2D eigenvalue weighted by molar-refractivity contribution is -0.384. The SMILES string of the molecule is Cc1cc([C@H]2[C@H](c3ccccn3)NC(=S)N2c2ccc(Sc3ccc([N+](=O)[O-])cc3)cc2)c(C)n1C(C)C. The number of benzene rings is 2. The molecule has 38 heavy (non-hydrogen) atoms. The molecule has 0 radical (unpaired) electrons. The number of pyridine rings is 1. The zero-order valence-electron chi connectivity index (χ0n) is 21.7. The molecule has 3 heterocycles. The van der Waals surface area contributed by atoms with Gasteiger partial charge in [0, 0.05) is 51.2 Å². The van der Waals surface area contributed by atoms with Crippen molar-refractivity contribution in [1.82, 2.24) is 14.9 Å². The van der Waals surface area contributed by atoms with Crippen LogP contribution in [-0.2, 0) is 0 Å². The first-order valence-corrected chi connectivity index (χ1v) is 13.7. The van der Waals surface area contributed by atoms with E-state index in [0.29, 0.717) is 11.2 Å². The van der Waals surface area contributed by atoms with Crippen molar-refractivity contribution in [3.63, 3.8) is 0 Å². The highest BCUT2D eigenvalue weighted by atomic mass is 32.2. The molecule has 0 spiro atoms. The molecule has 0 saturated carbocycles. The number of hydrogen-bond acceptors (Lipinski definition) is 5. The van der Waals surface area contributed by atoms with E-state index in [1.807, 2.05) is 24.4 Å². The molecule has 0 unspecified atom stereocenters. The van der Waals surface area contributed by atoms with Gasteiger partial charge in [0.25, 0.3) is 5.69 Å². The second-order valence-electron chi connectivity index (χ2n) is 9.63. The lowest BCUT2D eigenvalue weighted by Crippen LogP contribution is -2.29. The number of nitrogens with zero attached hydrogens (tertiary/aromatic N) is 4. The van der Waals surface area contributed by atoms with Crippen molar-refractivity contribution >= 4 is 40.5 Å². The Bertz CT molecular complexity index is 1470. The van der Waals surface area contributed by atoms with Crippen LogP contribution in [0.2, 0.25) is 0 Å². The Morgan fingerprint density at radius 1 is 1.03 bits per heavy atom. The van der Waals surface area contributed by atoms with Crippen LogP contribution in [0.5, 0.6) is 0 Å². The molecule has 194 valence electrons. The first kappa shape index (κ1) is 25.9. The molecule has 2 aromatic carbocycles. The maximum atomic E-state index is 11.0. The van der Waals surface area contributed by atoms with E-state index in [1.165, 1.54) is 29.1 Å². The van der Waals surface area contributed by atoms with E-state index in [2.05, 4.69) is 77.8 Å². The minimum Gasteiger partial charge on any atom is -0.351 e. The standard InChI is InChI=1S/C29H29N5O2S2/c1-18(2)32-19(3)17-25(20(32)4)28-27(26-7-5-6-16-30-26)31-29(37)33(28)21-8-12-23(13-9-21)38-24-14-10-22(11-15-24)34(35)36/h5-18,27-28H,1-4H3,(H,31,37)/t27-,28-/m0/s1. The monoisotopic (exact) mass is 543 g/mol. The van der Waals surface area contributed by atoms with Gasteiger partial charge in [0.1, 0.15) is 0 Å². The van der Waals surface area contributed by atoms with Crippen molar-refractivity contribution in [2.45, 2.75) is 55.6 Å². The van der Waals surface area contributed by atoms with Gasteiger partial charge in [-0.25, -0.2) is 0 Å². The third kappa shape index (κ3) is 4.91. The fourth-order valence-corrected chi connectivity index (χ4v) is 6.45. The van der Waals surface area contributed by atoms with E-state index < -0.39 is 0 Å². The minimum absolute atomic E-state index is 0.0655. The number of aryl methyl sites for hydroxylation is 1. The number of aromatic nitrogens is 2. The predicted octanol–water partition coefficient (Wildman–Crippen LogP) is 7.32. The van der Waals surface area contributed by atoms with Gasteiger partial charge >= 0.3 is 0 Å². The van der Waals surface area contributed by atoms with Crippen LogP contribution in [0.4, 0.5) is 11.4 Å². The van der Waals surface area contributed by atoms with E-state index >= 15 is 0 Å². The summed E-state index contributed by atoms with van der Waals surface area (Å²) in [6.45, 7) is 8.75. The summed E-state index contributed by atoms with van der Waals surface area (Å²) in [7, 11) is 0. The molecule has 2 atom stereocenters. The van der Waals surface area contributed by atoms with E-state index in [0.717, 1.165) is 21.2 Å². The highest BCUT2D eigenvalue weighted by Gasteiger charge is 2.42. The van der Waals surface area contributed by atoms with Crippen LogP contribution >= 0.6 is 24.0 Å². The Hall–Kier alpha value is -3.69. The summed E-state index contributed by atoms with van der Waals surface area (Å²) in [6, 6.07) is 23.3. The molecule has 0 amide bonds. The van der Waals surface area contributed by atoms with E-state index in [-0.39, 0.29) is 22.7 Å². The third-order valence-electron chi connectivity index (χ3n) is 6.85. The van der Waals surface area contributed by atoms with Crippen molar-refractivity contribution in [2.75, 3.05) is 4.90 Å². The highest BCUT2D eigenvalue weighted by molar-refractivity contribution is 7.99. The Morgan fingerprint density at radius 3 is 2.24 bits per heavy atom. The average Bonchev–Trinajstić information content (AvgIpc) is 3.40. The molecule has 9 heteroatoms. The van der Waals surface area contributed by atoms with Crippen molar-refractivity contribution < 1.29 is 4.92 Å². The molecule has 2 aromatic heterocycles. The summed E-state index contributed by atoms with van der Waals surface area (Å²) in [5.41, 5.74) is 5.70. The van der Waals surface area contributed by atoms with Crippen molar-refractivity contribution in [1.29, 1.82) is 0 Å². The molecule has 1 saturated heterocycles. The van der Waals surface area contributed by atoms with Gasteiger partial charge in [0.15, 0.2) is 5.11 Å². The second kappa shape index (κ2) is 10.6. The predicted molar refractivity (Wildman–Crippen MR) is 156 cm³/mol. The first-order valence-electron chi connectivity index (χ1n) is 12.5. The van der Waals surface area contributed by atoms with Crippen LogP contribution in [0.25, 0.3) is 0 Å². The molecule has 7 nitrogen and oxygen atoms in total. The van der Waals surface area contributed by atoms with Gasteiger partial charge in [-0.1, -0.05) is 17.8 Å². The molecule has 5 rings (SSSR count). The number of rotatable bonds is 7. The van der Waals surface area contributed by atoms with Crippen LogP contribution in [0.3, 0.4) is 0 Å². The Balaban J connectivity index is 1.50. The molecule has 0 bridgehead atoms. The maximum absolute atomic E-state index is 11.0. The van der Waals surface area contributed by atoms with Gasteiger partial charge in [-0.15, -0.1) is 0 Å². The van der Waals surface area contributed by atoms with Crippen LogP contribution in [0.15, 0.2) is 88.8 Å². The topological polar surface area (TPSA) is 76.2 Å². The number of non-ortho nitro benzene ring substituents is 1. The van der Waals surface area contributed by atoms with Gasteiger partial charge < -0.3 is 14.8 Å². The summed E-state index contributed by atoms with van der Waals surface area (Å²) in [4.78, 5) is 19.4. The molecule has 1 fully saturated rings. The zero-order chi connectivity index (χ0) is 27.0. The molecule has 1 N–H and O–H groups in total. The van der Waals surface area contributed by atoms with Gasteiger partial charge in [0.05, 0.1) is 22.7 Å². The Morgan fingerprint density at radius 2 is 1.68 bits per heavy atom. The lowest BCUT2D eigenvalue weighted by atomic mass is 9.96. The number of nitro benzene ring substituents is 1. The molecule has 0 aliphatic carbocycles. The fraction of sp³-hybridized carbons (Fsp3) is 0.241. The van der Waals surface area contributed by atoms with Crippen molar-refractivity contribution in [2.24, 2.45) is 0 Å². The number of nitro groups is 1. The van der Waals surface area contributed by atoms with E-state index in [4.69, 9.17) is 12.2 Å². The second-order valence-corrected chi connectivity index (χ2v) is 11.2. The van der Waals surface area contributed by atoms with Crippen LogP contribution < -0.4 is 10.2 Å². The Labute approximate surface area is 232 Å². The number of nitrogens with one attached hydrogen (secondary N) is 1. The Kier molecular flexibility index (Phi) is 7.23. The fourth-order valence-electron chi connectivity index (χ4n) is 5.29. The smallest absolute Gasteiger partial charge is 0.269 e. The van der Waals surface area contributed by atoms with Crippen LogP contribution in [0.1, 0.15) is 54.6 Å². The van der Waals surface area contributed by atoms with Crippen molar-refractivity contribution in [3.8, 4) is 0 Å². The summed E-state index contributed by atoms with van der Waals surface area (Å²) in [5.74, 6) is 0.